The summed E-state index contributed by atoms with van der Waals surface area (Å²) in [5, 5.41) is 3.03. The Balaban J connectivity index is 3.42. The third kappa shape index (κ3) is 7.06. The molecule has 0 aliphatic carbocycles. The van der Waals surface area contributed by atoms with Crippen LogP contribution in [0, 0.1) is 0 Å². The van der Waals surface area contributed by atoms with Gasteiger partial charge in [-0.3, -0.25) is 0 Å². The lowest BCUT2D eigenvalue weighted by Gasteiger charge is -2.22. The Morgan fingerprint density at radius 1 is 1.43 bits per heavy atom. The minimum atomic E-state index is -0.0929. The van der Waals surface area contributed by atoms with Gasteiger partial charge in [-0.15, -0.1) is 0 Å². The monoisotopic (exact) mass is 201 g/mol. The van der Waals surface area contributed by atoms with E-state index in [1.165, 1.54) is 0 Å². The molecule has 0 aliphatic heterocycles. The molecule has 0 aromatic carbocycles. The van der Waals surface area contributed by atoms with E-state index in [0.29, 0.717) is 13.2 Å². The first-order valence-corrected chi connectivity index (χ1v) is 4.96. The van der Waals surface area contributed by atoms with Gasteiger partial charge in [-0.1, -0.05) is 6.58 Å². The summed E-state index contributed by atoms with van der Waals surface area (Å²) in [5.41, 5.74) is 0.979. The smallest absolute Gasteiger partial charge is 0.0686 e. The van der Waals surface area contributed by atoms with Crippen molar-refractivity contribution in [3.63, 3.8) is 0 Å². The molecule has 0 heterocycles. The van der Waals surface area contributed by atoms with Gasteiger partial charge in [0, 0.05) is 20.3 Å². The molecule has 3 nitrogen and oxygen atoms in total. The number of likely N-dealkylation sites (N-methyl/N-ethyl adjacent to an activating group) is 1. The number of ether oxygens (including phenoxy) is 2. The Bertz CT molecular complexity index is 167. The first-order chi connectivity index (χ1) is 6.52. The van der Waals surface area contributed by atoms with Crippen LogP contribution in [0.4, 0.5) is 0 Å². The summed E-state index contributed by atoms with van der Waals surface area (Å²) in [4.78, 5) is 0. The zero-order chi connectivity index (χ0) is 11.0. The fourth-order valence-corrected chi connectivity index (χ4v) is 0.938. The van der Waals surface area contributed by atoms with Gasteiger partial charge in [-0.05, 0) is 32.9 Å². The van der Waals surface area contributed by atoms with Crippen LogP contribution in [0.1, 0.15) is 20.3 Å². The summed E-state index contributed by atoms with van der Waals surface area (Å²) in [6.07, 6.45) is 0.899. The molecule has 3 heteroatoms. The molecule has 0 spiro atoms. The highest BCUT2D eigenvalue weighted by Gasteiger charge is 2.15. The molecule has 0 unspecified atom stereocenters. The lowest BCUT2D eigenvalue weighted by Crippen LogP contribution is -2.25. The molecule has 0 aliphatic rings. The molecular weight excluding hydrogens is 178 g/mol. The van der Waals surface area contributed by atoms with Crippen LogP contribution in [0.3, 0.4) is 0 Å². The normalized spacial score (nSPS) is 11.7. The van der Waals surface area contributed by atoms with Crippen molar-refractivity contribution in [1.82, 2.24) is 5.32 Å². The largest absolute Gasteiger partial charge is 0.379 e. The standard InChI is InChI=1S/C11H23NO2/c1-10(8-12-4)9-14-7-6-11(2,3)13-5/h12H,1,6-9H2,2-5H3. The highest BCUT2D eigenvalue weighted by molar-refractivity contribution is 4.96. The van der Waals surface area contributed by atoms with Crippen LogP contribution in [-0.2, 0) is 9.47 Å². The van der Waals surface area contributed by atoms with E-state index in [4.69, 9.17) is 9.47 Å². The second-order valence-corrected chi connectivity index (χ2v) is 4.05. The maximum absolute atomic E-state index is 5.47. The first-order valence-electron chi connectivity index (χ1n) is 4.96. The first kappa shape index (κ1) is 13.6. The van der Waals surface area contributed by atoms with Gasteiger partial charge >= 0.3 is 0 Å². The van der Waals surface area contributed by atoms with Gasteiger partial charge < -0.3 is 14.8 Å². The molecule has 84 valence electrons. The van der Waals surface area contributed by atoms with Gasteiger partial charge in [0.05, 0.1) is 12.2 Å². The Kier molecular flexibility index (Phi) is 6.79. The maximum Gasteiger partial charge on any atom is 0.0686 e. The lowest BCUT2D eigenvalue weighted by atomic mass is 10.1. The van der Waals surface area contributed by atoms with Crippen molar-refractivity contribution >= 4 is 0 Å². The average molecular weight is 201 g/mol. The van der Waals surface area contributed by atoms with Crippen molar-refractivity contribution < 1.29 is 9.47 Å². The Morgan fingerprint density at radius 3 is 2.57 bits per heavy atom. The Labute approximate surface area is 87.5 Å². The maximum atomic E-state index is 5.47. The molecule has 0 rings (SSSR count). The molecular formula is C11H23NO2. The molecule has 0 saturated heterocycles. The van der Waals surface area contributed by atoms with Gasteiger partial charge in [-0.2, -0.15) is 0 Å². The number of hydrogen-bond acceptors (Lipinski definition) is 3. The van der Waals surface area contributed by atoms with Crippen LogP contribution in [0.5, 0.6) is 0 Å². The molecule has 0 aromatic rings. The molecule has 0 radical (unpaired) electrons. The fourth-order valence-electron chi connectivity index (χ4n) is 0.938. The molecule has 0 saturated carbocycles. The van der Waals surface area contributed by atoms with Crippen LogP contribution < -0.4 is 5.32 Å². The average Bonchev–Trinajstić information content (AvgIpc) is 2.13. The van der Waals surface area contributed by atoms with Crippen molar-refractivity contribution in [2.24, 2.45) is 0 Å². The van der Waals surface area contributed by atoms with Gasteiger partial charge in [0.2, 0.25) is 0 Å². The van der Waals surface area contributed by atoms with Crippen LogP contribution >= 0.6 is 0 Å². The predicted molar refractivity (Wildman–Crippen MR) is 59.6 cm³/mol. The Hall–Kier alpha value is -0.380. The molecule has 1 N–H and O–H groups in total. The summed E-state index contributed by atoms with van der Waals surface area (Å²) < 4.78 is 10.7. The number of nitrogens with one attached hydrogen (secondary N) is 1. The summed E-state index contributed by atoms with van der Waals surface area (Å²) in [6, 6.07) is 0. The minimum Gasteiger partial charge on any atom is -0.379 e. The molecule has 0 atom stereocenters. The third-order valence-electron chi connectivity index (χ3n) is 2.13. The SMILES string of the molecule is C=C(CNC)COCCC(C)(C)OC. The molecule has 0 amide bonds. The highest BCUT2D eigenvalue weighted by Crippen LogP contribution is 2.12. The molecule has 0 bridgehead atoms. The van der Waals surface area contributed by atoms with E-state index in [1.807, 2.05) is 7.05 Å². The van der Waals surface area contributed by atoms with Crippen molar-refractivity contribution in [3.05, 3.63) is 12.2 Å². The minimum absolute atomic E-state index is 0.0929. The van der Waals surface area contributed by atoms with Gasteiger partial charge in [-0.25, -0.2) is 0 Å². The van der Waals surface area contributed by atoms with Crippen molar-refractivity contribution in [2.45, 2.75) is 25.9 Å². The number of methoxy groups -OCH3 is 1. The van der Waals surface area contributed by atoms with Crippen LogP contribution in [0.15, 0.2) is 12.2 Å². The number of rotatable bonds is 8. The van der Waals surface area contributed by atoms with Gasteiger partial charge in [0.15, 0.2) is 0 Å². The Morgan fingerprint density at radius 2 is 2.07 bits per heavy atom. The predicted octanol–water partition coefficient (Wildman–Crippen LogP) is 1.59. The second-order valence-electron chi connectivity index (χ2n) is 4.05. The van der Waals surface area contributed by atoms with E-state index in [1.54, 1.807) is 7.11 Å². The molecule has 0 aromatic heterocycles. The fraction of sp³-hybridized carbons (Fsp3) is 0.818. The van der Waals surface area contributed by atoms with Crippen molar-refractivity contribution in [2.75, 3.05) is 33.9 Å². The van der Waals surface area contributed by atoms with E-state index in [9.17, 15) is 0 Å². The van der Waals surface area contributed by atoms with Crippen molar-refractivity contribution in [3.8, 4) is 0 Å². The lowest BCUT2D eigenvalue weighted by molar-refractivity contribution is -0.00724. The number of hydrogen-bond donors (Lipinski definition) is 1. The summed E-state index contributed by atoms with van der Waals surface area (Å²) in [7, 11) is 3.62. The highest BCUT2D eigenvalue weighted by atomic mass is 16.5. The summed E-state index contributed by atoms with van der Waals surface area (Å²) in [6.45, 7) is 10.1. The molecule has 0 fully saturated rings. The summed E-state index contributed by atoms with van der Waals surface area (Å²) >= 11 is 0. The van der Waals surface area contributed by atoms with E-state index in [2.05, 4.69) is 25.7 Å². The van der Waals surface area contributed by atoms with Crippen LogP contribution in [-0.4, -0.2) is 39.5 Å². The van der Waals surface area contributed by atoms with E-state index in [0.717, 1.165) is 18.5 Å². The second kappa shape index (κ2) is 6.98. The summed E-state index contributed by atoms with van der Waals surface area (Å²) in [5.74, 6) is 0. The quantitative estimate of drug-likeness (QED) is 0.478. The van der Waals surface area contributed by atoms with Crippen LogP contribution in [0.25, 0.3) is 0 Å². The third-order valence-corrected chi connectivity index (χ3v) is 2.13. The van der Waals surface area contributed by atoms with Gasteiger partial charge in [0.1, 0.15) is 0 Å². The van der Waals surface area contributed by atoms with E-state index in [-0.39, 0.29) is 5.60 Å². The zero-order valence-corrected chi connectivity index (χ0v) is 9.85. The van der Waals surface area contributed by atoms with Crippen molar-refractivity contribution in [1.29, 1.82) is 0 Å². The topological polar surface area (TPSA) is 30.5 Å². The molecule has 14 heavy (non-hydrogen) atoms. The van der Waals surface area contributed by atoms with E-state index >= 15 is 0 Å². The van der Waals surface area contributed by atoms with E-state index < -0.39 is 0 Å². The zero-order valence-electron chi connectivity index (χ0n) is 9.85. The van der Waals surface area contributed by atoms with Crippen LogP contribution in [0.2, 0.25) is 0 Å². The van der Waals surface area contributed by atoms with Gasteiger partial charge in [0.25, 0.3) is 0 Å².